The minimum absolute atomic E-state index is 0.581. The molecule has 0 aliphatic rings. The van der Waals surface area contributed by atoms with E-state index < -0.39 is 0 Å². The molecule has 3 rings (SSSR count). The lowest BCUT2D eigenvalue weighted by Crippen LogP contribution is -1.97. The second-order valence-corrected chi connectivity index (χ2v) is 4.56. The average molecular weight is 265 g/mol. The summed E-state index contributed by atoms with van der Waals surface area (Å²) in [4.78, 5) is 8.78. The summed E-state index contributed by atoms with van der Waals surface area (Å²) in [5.41, 5.74) is 3.81. The smallest absolute Gasteiger partial charge is 0.227 e. The molecule has 0 bridgehead atoms. The zero-order chi connectivity index (χ0) is 13.9. The molecule has 5 nitrogen and oxygen atoms in total. The molecule has 0 aliphatic heterocycles. The van der Waals surface area contributed by atoms with Crippen LogP contribution in [0.4, 0.5) is 11.6 Å². The van der Waals surface area contributed by atoms with Crippen LogP contribution < -0.4 is 5.32 Å². The Morgan fingerprint density at radius 1 is 1.10 bits per heavy atom. The number of benzene rings is 1. The highest BCUT2D eigenvalue weighted by molar-refractivity contribution is 5.63. The first-order valence-electron chi connectivity index (χ1n) is 6.38. The van der Waals surface area contributed by atoms with Crippen molar-refractivity contribution in [2.75, 3.05) is 5.32 Å². The second-order valence-electron chi connectivity index (χ2n) is 4.56. The van der Waals surface area contributed by atoms with Gasteiger partial charge in [-0.1, -0.05) is 18.2 Å². The van der Waals surface area contributed by atoms with E-state index in [-0.39, 0.29) is 0 Å². The van der Waals surface area contributed by atoms with Gasteiger partial charge in [-0.2, -0.15) is 5.10 Å². The normalized spacial score (nSPS) is 10.5. The molecular formula is C15H15N5. The SMILES string of the molecule is Cc1nn(C)cc1-c1ccnc(Nc2ccccc2)n1. The Balaban J connectivity index is 1.92. The number of nitrogens with zero attached hydrogens (tertiary/aromatic N) is 4. The maximum absolute atomic E-state index is 4.54. The minimum Gasteiger partial charge on any atom is -0.324 e. The van der Waals surface area contributed by atoms with Crippen molar-refractivity contribution in [1.29, 1.82) is 0 Å². The van der Waals surface area contributed by atoms with Gasteiger partial charge in [-0.3, -0.25) is 4.68 Å². The number of hydrogen-bond acceptors (Lipinski definition) is 4. The van der Waals surface area contributed by atoms with Crippen LogP contribution in [0.15, 0.2) is 48.8 Å². The highest BCUT2D eigenvalue weighted by atomic mass is 15.3. The standard InChI is InChI=1S/C15H15N5/c1-11-13(10-20(2)19-11)14-8-9-16-15(18-14)17-12-6-4-3-5-7-12/h3-10H,1-2H3,(H,16,17,18). The van der Waals surface area contributed by atoms with E-state index in [1.54, 1.807) is 10.9 Å². The van der Waals surface area contributed by atoms with E-state index in [2.05, 4.69) is 20.4 Å². The predicted molar refractivity (Wildman–Crippen MR) is 78.7 cm³/mol. The summed E-state index contributed by atoms with van der Waals surface area (Å²) in [6.07, 6.45) is 3.71. The van der Waals surface area contributed by atoms with Gasteiger partial charge in [-0.25, -0.2) is 9.97 Å². The molecular weight excluding hydrogens is 250 g/mol. The molecule has 0 saturated heterocycles. The van der Waals surface area contributed by atoms with E-state index in [1.165, 1.54) is 0 Å². The molecule has 1 N–H and O–H groups in total. The molecule has 0 spiro atoms. The summed E-state index contributed by atoms with van der Waals surface area (Å²) < 4.78 is 1.79. The van der Waals surface area contributed by atoms with Crippen molar-refractivity contribution in [3.63, 3.8) is 0 Å². The van der Waals surface area contributed by atoms with E-state index >= 15 is 0 Å². The van der Waals surface area contributed by atoms with Crippen molar-refractivity contribution in [3.8, 4) is 11.3 Å². The van der Waals surface area contributed by atoms with Gasteiger partial charge in [0, 0.05) is 30.7 Å². The molecule has 0 radical (unpaired) electrons. The lowest BCUT2D eigenvalue weighted by Gasteiger charge is -2.05. The summed E-state index contributed by atoms with van der Waals surface area (Å²) in [6, 6.07) is 11.8. The Bertz CT molecular complexity index is 718. The molecule has 2 heterocycles. The summed E-state index contributed by atoms with van der Waals surface area (Å²) in [7, 11) is 1.90. The maximum atomic E-state index is 4.54. The van der Waals surface area contributed by atoms with Crippen LogP contribution in [0.25, 0.3) is 11.3 Å². The summed E-state index contributed by atoms with van der Waals surface area (Å²) in [5, 5.41) is 7.53. The number of nitrogens with one attached hydrogen (secondary N) is 1. The van der Waals surface area contributed by atoms with Gasteiger partial charge in [0.05, 0.1) is 11.4 Å². The molecule has 0 amide bonds. The predicted octanol–water partition coefficient (Wildman–Crippen LogP) is 2.93. The third-order valence-electron chi connectivity index (χ3n) is 2.97. The quantitative estimate of drug-likeness (QED) is 0.791. The number of para-hydroxylation sites is 1. The van der Waals surface area contributed by atoms with Gasteiger partial charge in [0.1, 0.15) is 0 Å². The Morgan fingerprint density at radius 3 is 2.60 bits per heavy atom. The monoisotopic (exact) mass is 265 g/mol. The summed E-state index contributed by atoms with van der Waals surface area (Å²) >= 11 is 0. The molecule has 0 saturated carbocycles. The van der Waals surface area contributed by atoms with E-state index in [0.29, 0.717) is 5.95 Å². The Hall–Kier alpha value is -2.69. The van der Waals surface area contributed by atoms with Gasteiger partial charge < -0.3 is 5.32 Å². The Kier molecular flexibility index (Phi) is 3.16. The molecule has 100 valence electrons. The van der Waals surface area contributed by atoms with Gasteiger partial charge in [0.25, 0.3) is 0 Å². The van der Waals surface area contributed by atoms with Crippen molar-refractivity contribution < 1.29 is 0 Å². The van der Waals surface area contributed by atoms with E-state index in [0.717, 1.165) is 22.6 Å². The van der Waals surface area contributed by atoms with Crippen LogP contribution in [0, 0.1) is 6.92 Å². The molecule has 0 aliphatic carbocycles. The fraction of sp³-hybridized carbons (Fsp3) is 0.133. The number of aryl methyl sites for hydroxylation is 2. The first kappa shape index (κ1) is 12.3. The Morgan fingerprint density at radius 2 is 1.90 bits per heavy atom. The maximum Gasteiger partial charge on any atom is 0.227 e. The third kappa shape index (κ3) is 2.51. The van der Waals surface area contributed by atoms with Crippen molar-refractivity contribution >= 4 is 11.6 Å². The molecule has 0 atom stereocenters. The second kappa shape index (κ2) is 5.13. The molecule has 20 heavy (non-hydrogen) atoms. The zero-order valence-electron chi connectivity index (χ0n) is 11.4. The van der Waals surface area contributed by atoms with Crippen molar-refractivity contribution in [3.05, 3.63) is 54.5 Å². The van der Waals surface area contributed by atoms with Crippen molar-refractivity contribution in [1.82, 2.24) is 19.7 Å². The van der Waals surface area contributed by atoms with Gasteiger partial charge >= 0.3 is 0 Å². The molecule has 0 fully saturated rings. The van der Waals surface area contributed by atoms with Gasteiger partial charge in [0.2, 0.25) is 5.95 Å². The molecule has 0 unspecified atom stereocenters. The van der Waals surface area contributed by atoms with Crippen LogP contribution in [0.2, 0.25) is 0 Å². The fourth-order valence-electron chi connectivity index (χ4n) is 2.07. The van der Waals surface area contributed by atoms with Gasteiger partial charge in [-0.15, -0.1) is 0 Å². The first-order chi connectivity index (χ1) is 9.72. The van der Waals surface area contributed by atoms with E-state index in [4.69, 9.17) is 0 Å². The molecule has 1 aromatic carbocycles. The largest absolute Gasteiger partial charge is 0.324 e. The lowest BCUT2D eigenvalue weighted by molar-refractivity contribution is 0.756. The van der Waals surface area contributed by atoms with Crippen LogP contribution in [-0.2, 0) is 7.05 Å². The third-order valence-corrected chi connectivity index (χ3v) is 2.97. The molecule has 5 heteroatoms. The van der Waals surface area contributed by atoms with Crippen LogP contribution >= 0.6 is 0 Å². The topological polar surface area (TPSA) is 55.6 Å². The summed E-state index contributed by atoms with van der Waals surface area (Å²) in [5.74, 6) is 0.581. The van der Waals surface area contributed by atoms with Crippen LogP contribution in [-0.4, -0.2) is 19.7 Å². The Labute approximate surface area is 117 Å². The molecule has 2 aromatic heterocycles. The highest BCUT2D eigenvalue weighted by Gasteiger charge is 2.08. The zero-order valence-corrected chi connectivity index (χ0v) is 11.4. The number of anilines is 2. The van der Waals surface area contributed by atoms with Crippen LogP contribution in [0.1, 0.15) is 5.69 Å². The average Bonchev–Trinajstić information content (AvgIpc) is 2.79. The van der Waals surface area contributed by atoms with Crippen molar-refractivity contribution in [2.45, 2.75) is 6.92 Å². The number of rotatable bonds is 3. The highest BCUT2D eigenvalue weighted by Crippen LogP contribution is 2.21. The van der Waals surface area contributed by atoms with Crippen LogP contribution in [0.5, 0.6) is 0 Å². The van der Waals surface area contributed by atoms with Gasteiger partial charge in [-0.05, 0) is 25.1 Å². The van der Waals surface area contributed by atoms with E-state index in [9.17, 15) is 0 Å². The van der Waals surface area contributed by atoms with Gasteiger partial charge in [0.15, 0.2) is 0 Å². The van der Waals surface area contributed by atoms with E-state index in [1.807, 2.05) is 56.6 Å². The first-order valence-corrected chi connectivity index (χ1v) is 6.38. The number of hydrogen-bond donors (Lipinski definition) is 1. The lowest BCUT2D eigenvalue weighted by atomic mass is 10.2. The molecule has 3 aromatic rings. The fourth-order valence-corrected chi connectivity index (χ4v) is 2.07. The van der Waals surface area contributed by atoms with Crippen LogP contribution in [0.3, 0.4) is 0 Å². The number of aromatic nitrogens is 4. The van der Waals surface area contributed by atoms with Crippen molar-refractivity contribution in [2.24, 2.45) is 7.05 Å². The minimum atomic E-state index is 0.581. The summed E-state index contributed by atoms with van der Waals surface area (Å²) in [6.45, 7) is 1.97.